The summed E-state index contributed by atoms with van der Waals surface area (Å²) < 4.78 is 6.62. The summed E-state index contributed by atoms with van der Waals surface area (Å²) in [5.74, 6) is 2.25. The van der Waals surface area contributed by atoms with E-state index in [4.69, 9.17) is 4.42 Å². The third kappa shape index (κ3) is 4.08. The molecule has 0 radical (unpaired) electrons. The number of aliphatic imine (C=N–C) groups is 1. The molecule has 7 heteroatoms. The van der Waals surface area contributed by atoms with Crippen LogP contribution >= 0.6 is 27.3 Å². The Morgan fingerprint density at radius 2 is 2.15 bits per heavy atom. The monoisotopic (exact) mass is 356 g/mol. The zero-order chi connectivity index (χ0) is 14.5. The average molecular weight is 357 g/mol. The topological polar surface area (TPSA) is 62.5 Å². The number of halogens is 1. The molecule has 0 aliphatic rings. The van der Waals surface area contributed by atoms with Crippen molar-refractivity contribution in [2.24, 2.45) is 4.99 Å². The summed E-state index contributed by atoms with van der Waals surface area (Å²) in [6, 6.07) is 2.09. The quantitative estimate of drug-likeness (QED) is 0.652. The molecule has 0 fully saturated rings. The van der Waals surface area contributed by atoms with Crippen molar-refractivity contribution >= 4 is 33.2 Å². The van der Waals surface area contributed by atoms with Gasteiger partial charge in [0.1, 0.15) is 5.76 Å². The van der Waals surface area contributed by atoms with Crippen molar-refractivity contribution in [3.63, 3.8) is 0 Å². The molecule has 2 aromatic rings. The minimum absolute atomic E-state index is 0.516. The van der Waals surface area contributed by atoms with E-state index in [9.17, 15) is 0 Å². The minimum Gasteiger partial charge on any atom is -0.444 e. The highest BCUT2D eigenvalue weighted by Crippen LogP contribution is 2.19. The van der Waals surface area contributed by atoms with Crippen LogP contribution in [-0.4, -0.2) is 18.0 Å². The fourth-order valence-electron chi connectivity index (χ4n) is 1.61. The molecule has 0 amide bonds. The van der Waals surface area contributed by atoms with Gasteiger partial charge < -0.3 is 15.1 Å². The second-order valence-electron chi connectivity index (χ2n) is 4.26. The van der Waals surface area contributed by atoms with Crippen molar-refractivity contribution < 1.29 is 4.42 Å². The molecule has 0 unspecified atom stereocenters. The van der Waals surface area contributed by atoms with E-state index in [0.717, 1.165) is 28.4 Å². The van der Waals surface area contributed by atoms with Crippen molar-refractivity contribution in [2.45, 2.75) is 26.9 Å². The number of aryl methyl sites for hydroxylation is 2. The van der Waals surface area contributed by atoms with Gasteiger partial charge in [-0.05, 0) is 35.8 Å². The third-order valence-corrected chi connectivity index (χ3v) is 4.45. The molecule has 2 rings (SSSR count). The molecule has 2 N–H and O–H groups in total. The highest BCUT2D eigenvalue weighted by atomic mass is 79.9. The van der Waals surface area contributed by atoms with Gasteiger partial charge in [0, 0.05) is 21.8 Å². The fourth-order valence-corrected chi connectivity index (χ4v) is 3.00. The molecule has 0 bridgehead atoms. The van der Waals surface area contributed by atoms with E-state index in [0.29, 0.717) is 12.4 Å². The number of hydrogen-bond acceptors (Lipinski definition) is 4. The summed E-state index contributed by atoms with van der Waals surface area (Å²) in [4.78, 5) is 9.73. The maximum absolute atomic E-state index is 5.51. The van der Waals surface area contributed by atoms with Crippen molar-refractivity contribution in [3.05, 3.63) is 38.1 Å². The summed E-state index contributed by atoms with van der Waals surface area (Å²) in [5.41, 5.74) is 0.924. The van der Waals surface area contributed by atoms with Crippen LogP contribution in [0.15, 0.2) is 25.3 Å². The number of nitrogens with one attached hydrogen (secondary N) is 2. The normalized spacial score (nSPS) is 11.7. The first-order valence-corrected chi connectivity index (χ1v) is 7.86. The Morgan fingerprint density at radius 1 is 1.40 bits per heavy atom. The van der Waals surface area contributed by atoms with Crippen LogP contribution in [0.5, 0.6) is 0 Å². The third-order valence-electron chi connectivity index (χ3n) is 2.76. The number of guanidine groups is 1. The Bertz CT molecular complexity index is 586. The van der Waals surface area contributed by atoms with Gasteiger partial charge in [0.15, 0.2) is 5.96 Å². The zero-order valence-electron chi connectivity index (χ0n) is 11.7. The molecule has 2 heterocycles. The van der Waals surface area contributed by atoms with Crippen molar-refractivity contribution in [3.8, 4) is 0 Å². The second kappa shape index (κ2) is 6.90. The molecule has 0 aliphatic carbocycles. The Morgan fingerprint density at radius 3 is 2.70 bits per heavy atom. The first-order chi connectivity index (χ1) is 9.58. The summed E-state index contributed by atoms with van der Waals surface area (Å²) in [5, 5.41) is 8.49. The Balaban J connectivity index is 1.83. The molecule has 20 heavy (non-hydrogen) atoms. The molecule has 0 aliphatic heterocycles. The molecule has 108 valence electrons. The van der Waals surface area contributed by atoms with Gasteiger partial charge in [0.05, 0.1) is 18.8 Å². The fraction of sp³-hybridized carbons (Fsp3) is 0.385. The van der Waals surface area contributed by atoms with Gasteiger partial charge in [-0.25, -0.2) is 4.98 Å². The smallest absolute Gasteiger partial charge is 0.214 e. The predicted molar refractivity (Wildman–Crippen MR) is 85.0 cm³/mol. The SMILES string of the molecule is CN=C(NCc1nc(C)c(C)o1)NCc1cc(Br)cs1. The Kier molecular flexibility index (Phi) is 5.19. The standard InChI is InChI=1S/C13H17BrN4OS/c1-8-9(2)19-12(18-8)6-17-13(15-3)16-5-11-4-10(14)7-20-11/h4,7H,5-6H2,1-3H3,(H2,15,16,17). The van der Waals surface area contributed by atoms with Crippen LogP contribution in [0.3, 0.4) is 0 Å². The molecule has 0 saturated carbocycles. The van der Waals surface area contributed by atoms with Crippen LogP contribution in [0.2, 0.25) is 0 Å². The van der Waals surface area contributed by atoms with E-state index in [1.165, 1.54) is 4.88 Å². The van der Waals surface area contributed by atoms with Gasteiger partial charge in [-0.1, -0.05) is 0 Å². The number of oxazole rings is 1. The van der Waals surface area contributed by atoms with E-state index in [1.54, 1.807) is 18.4 Å². The van der Waals surface area contributed by atoms with Crippen LogP contribution in [0.25, 0.3) is 0 Å². The van der Waals surface area contributed by atoms with E-state index in [-0.39, 0.29) is 0 Å². The summed E-state index contributed by atoms with van der Waals surface area (Å²) in [6.07, 6.45) is 0. The molecule has 0 atom stereocenters. The molecule has 2 aromatic heterocycles. The van der Waals surface area contributed by atoms with E-state index < -0.39 is 0 Å². The van der Waals surface area contributed by atoms with E-state index in [1.807, 2.05) is 13.8 Å². The van der Waals surface area contributed by atoms with Crippen molar-refractivity contribution in [1.29, 1.82) is 0 Å². The number of aromatic nitrogens is 1. The van der Waals surface area contributed by atoms with Gasteiger partial charge in [-0.2, -0.15) is 0 Å². The maximum Gasteiger partial charge on any atom is 0.214 e. The lowest BCUT2D eigenvalue weighted by atomic mass is 10.4. The zero-order valence-corrected chi connectivity index (χ0v) is 14.1. The van der Waals surface area contributed by atoms with Crippen LogP contribution in [0.1, 0.15) is 22.2 Å². The Hall–Kier alpha value is -1.34. The first kappa shape index (κ1) is 15.1. The lowest BCUT2D eigenvalue weighted by Gasteiger charge is -2.09. The largest absolute Gasteiger partial charge is 0.444 e. The van der Waals surface area contributed by atoms with E-state index in [2.05, 4.69) is 48.0 Å². The van der Waals surface area contributed by atoms with Crippen LogP contribution in [0.4, 0.5) is 0 Å². The second-order valence-corrected chi connectivity index (χ2v) is 6.17. The average Bonchev–Trinajstić information content (AvgIpc) is 2.97. The minimum atomic E-state index is 0.516. The molecular weight excluding hydrogens is 340 g/mol. The molecule has 0 saturated heterocycles. The van der Waals surface area contributed by atoms with Crippen LogP contribution in [0, 0.1) is 13.8 Å². The number of thiophene rings is 1. The molecule has 0 aromatic carbocycles. The lowest BCUT2D eigenvalue weighted by Crippen LogP contribution is -2.36. The van der Waals surface area contributed by atoms with Gasteiger partial charge in [0.25, 0.3) is 0 Å². The highest BCUT2D eigenvalue weighted by Gasteiger charge is 2.06. The van der Waals surface area contributed by atoms with Crippen LogP contribution in [-0.2, 0) is 13.1 Å². The van der Waals surface area contributed by atoms with Gasteiger partial charge in [-0.15, -0.1) is 11.3 Å². The number of hydrogen-bond donors (Lipinski definition) is 2. The Labute approximate surface area is 130 Å². The molecule has 5 nitrogen and oxygen atoms in total. The van der Waals surface area contributed by atoms with Gasteiger partial charge in [-0.3, -0.25) is 4.99 Å². The summed E-state index contributed by atoms with van der Waals surface area (Å²) in [6.45, 7) is 5.10. The summed E-state index contributed by atoms with van der Waals surface area (Å²) in [7, 11) is 1.74. The predicted octanol–water partition coefficient (Wildman–Crippen LogP) is 2.98. The summed E-state index contributed by atoms with van der Waals surface area (Å²) >= 11 is 5.14. The van der Waals surface area contributed by atoms with Gasteiger partial charge in [0.2, 0.25) is 5.89 Å². The number of rotatable bonds is 4. The highest BCUT2D eigenvalue weighted by molar-refractivity contribution is 9.10. The lowest BCUT2D eigenvalue weighted by molar-refractivity contribution is 0.463. The molecule has 0 spiro atoms. The maximum atomic E-state index is 5.51. The van der Waals surface area contributed by atoms with Crippen molar-refractivity contribution in [2.75, 3.05) is 7.05 Å². The van der Waals surface area contributed by atoms with Crippen molar-refractivity contribution in [1.82, 2.24) is 15.6 Å². The number of nitrogens with zero attached hydrogens (tertiary/aromatic N) is 2. The van der Waals surface area contributed by atoms with E-state index >= 15 is 0 Å². The van der Waals surface area contributed by atoms with Gasteiger partial charge >= 0.3 is 0 Å². The first-order valence-electron chi connectivity index (χ1n) is 6.19. The molecular formula is C13H17BrN4OS. The van der Waals surface area contributed by atoms with Crippen LogP contribution < -0.4 is 10.6 Å².